The molecule has 1 aromatic rings. The Bertz CT molecular complexity index is 428. The molecule has 0 aliphatic heterocycles. The van der Waals surface area contributed by atoms with Crippen LogP contribution in [0.15, 0.2) is 18.2 Å². The Morgan fingerprint density at radius 1 is 1.32 bits per heavy atom. The first kappa shape index (κ1) is 14.4. The molecule has 2 N–H and O–H groups in total. The Balaban J connectivity index is 1.83. The molecule has 0 saturated heterocycles. The van der Waals surface area contributed by atoms with Crippen molar-refractivity contribution in [1.29, 1.82) is 0 Å². The topological polar surface area (TPSA) is 32.3 Å². The third-order valence-corrected chi connectivity index (χ3v) is 3.99. The van der Waals surface area contributed by atoms with Crippen LogP contribution in [0.5, 0.6) is 0 Å². The number of hydrogen-bond donors (Lipinski definition) is 2. The van der Waals surface area contributed by atoms with Gasteiger partial charge in [-0.05, 0) is 37.7 Å². The Kier molecular flexibility index (Phi) is 4.53. The molecule has 1 fully saturated rings. The summed E-state index contributed by atoms with van der Waals surface area (Å²) in [4.78, 5) is 0. The first-order chi connectivity index (χ1) is 8.98. The summed E-state index contributed by atoms with van der Waals surface area (Å²) < 4.78 is 26.2. The smallest absolute Gasteiger partial charge is 0.130 e. The van der Waals surface area contributed by atoms with Gasteiger partial charge >= 0.3 is 0 Å². The summed E-state index contributed by atoms with van der Waals surface area (Å²) in [6.07, 6.45) is 3.63. The van der Waals surface area contributed by atoms with Crippen LogP contribution in [0.1, 0.15) is 38.2 Å². The van der Waals surface area contributed by atoms with Crippen molar-refractivity contribution >= 4 is 0 Å². The fourth-order valence-electron chi connectivity index (χ4n) is 2.57. The molecule has 2 rings (SSSR count). The lowest BCUT2D eigenvalue weighted by atomic mass is 9.79. The first-order valence-electron chi connectivity index (χ1n) is 6.85. The Morgan fingerprint density at radius 2 is 2.00 bits per heavy atom. The van der Waals surface area contributed by atoms with Crippen molar-refractivity contribution < 1.29 is 13.9 Å². The van der Waals surface area contributed by atoms with Crippen molar-refractivity contribution in [3.8, 4) is 0 Å². The van der Waals surface area contributed by atoms with Gasteiger partial charge in [0, 0.05) is 24.7 Å². The summed E-state index contributed by atoms with van der Waals surface area (Å²) in [6, 6.07) is 3.57. The molecule has 1 saturated carbocycles. The number of nitrogens with one attached hydrogen (secondary N) is 1. The van der Waals surface area contributed by atoms with Crippen LogP contribution in [0.25, 0.3) is 0 Å². The van der Waals surface area contributed by atoms with Gasteiger partial charge in [-0.1, -0.05) is 13.0 Å². The molecule has 0 amide bonds. The molecule has 0 aromatic heterocycles. The van der Waals surface area contributed by atoms with E-state index in [4.69, 9.17) is 0 Å². The van der Waals surface area contributed by atoms with E-state index < -0.39 is 17.2 Å². The number of rotatable bonds is 4. The predicted molar refractivity (Wildman–Crippen MR) is 70.6 cm³/mol. The van der Waals surface area contributed by atoms with Crippen LogP contribution in [0, 0.1) is 17.6 Å². The third-order valence-electron chi connectivity index (χ3n) is 3.99. The maximum absolute atomic E-state index is 13.4. The van der Waals surface area contributed by atoms with Crippen molar-refractivity contribution in [2.45, 2.75) is 44.8 Å². The number of halogens is 2. The second-order valence-electron chi connectivity index (χ2n) is 5.75. The molecule has 1 aliphatic rings. The van der Waals surface area contributed by atoms with E-state index >= 15 is 0 Å². The summed E-state index contributed by atoms with van der Waals surface area (Å²) in [5.41, 5.74) is -0.252. The van der Waals surface area contributed by atoms with Gasteiger partial charge < -0.3 is 10.4 Å². The first-order valence-corrected chi connectivity index (χ1v) is 6.85. The van der Waals surface area contributed by atoms with E-state index in [0.29, 0.717) is 24.6 Å². The van der Waals surface area contributed by atoms with Crippen LogP contribution in [0.4, 0.5) is 8.78 Å². The SMILES string of the molecule is CC1CCC(O)(CNCc2ccc(F)cc2F)CC1. The predicted octanol–water partition coefficient (Wildman–Crippen LogP) is 3.00. The zero-order valence-corrected chi connectivity index (χ0v) is 11.3. The molecule has 0 bridgehead atoms. The summed E-state index contributed by atoms with van der Waals surface area (Å²) >= 11 is 0. The Labute approximate surface area is 112 Å². The van der Waals surface area contributed by atoms with Gasteiger partial charge in [-0.15, -0.1) is 0 Å². The van der Waals surface area contributed by atoms with Gasteiger partial charge in [0.25, 0.3) is 0 Å². The van der Waals surface area contributed by atoms with Crippen LogP contribution >= 0.6 is 0 Å². The van der Waals surface area contributed by atoms with E-state index in [1.54, 1.807) is 0 Å². The van der Waals surface area contributed by atoms with Crippen molar-refractivity contribution in [3.05, 3.63) is 35.4 Å². The maximum Gasteiger partial charge on any atom is 0.130 e. The highest BCUT2D eigenvalue weighted by Gasteiger charge is 2.31. The quantitative estimate of drug-likeness (QED) is 0.880. The number of benzene rings is 1. The monoisotopic (exact) mass is 269 g/mol. The molecule has 19 heavy (non-hydrogen) atoms. The van der Waals surface area contributed by atoms with Crippen LogP contribution < -0.4 is 5.32 Å². The highest BCUT2D eigenvalue weighted by Crippen LogP contribution is 2.31. The molecule has 0 unspecified atom stereocenters. The van der Waals surface area contributed by atoms with E-state index in [9.17, 15) is 13.9 Å². The molecule has 2 nitrogen and oxygen atoms in total. The Hall–Kier alpha value is -1.00. The standard InChI is InChI=1S/C15H21F2NO/c1-11-4-6-15(19,7-5-11)10-18-9-12-2-3-13(16)8-14(12)17/h2-3,8,11,18-19H,4-7,9-10H2,1H3. The second-order valence-corrected chi connectivity index (χ2v) is 5.75. The van der Waals surface area contributed by atoms with Gasteiger partial charge in [0.15, 0.2) is 0 Å². The zero-order valence-electron chi connectivity index (χ0n) is 11.3. The van der Waals surface area contributed by atoms with E-state index in [-0.39, 0.29) is 0 Å². The van der Waals surface area contributed by atoms with E-state index in [2.05, 4.69) is 12.2 Å². The average Bonchev–Trinajstić information content (AvgIpc) is 2.36. The highest BCUT2D eigenvalue weighted by atomic mass is 19.1. The van der Waals surface area contributed by atoms with Gasteiger partial charge in [-0.3, -0.25) is 0 Å². The van der Waals surface area contributed by atoms with Gasteiger partial charge in [0.05, 0.1) is 5.60 Å². The summed E-state index contributed by atoms with van der Waals surface area (Å²) in [5, 5.41) is 13.4. The molecular weight excluding hydrogens is 248 g/mol. The average molecular weight is 269 g/mol. The molecule has 0 radical (unpaired) electrons. The maximum atomic E-state index is 13.4. The second kappa shape index (κ2) is 5.97. The molecule has 1 aliphatic carbocycles. The lowest BCUT2D eigenvalue weighted by molar-refractivity contribution is -0.00635. The fourth-order valence-corrected chi connectivity index (χ4v) is 2.57. The normalized spacial score (nSPS) is 27.5. The van der Waals surface area contributed by atoms with Gasteiger partial charge in [0.1, 0.15) is 11.6 Å². The molecule has 1 aromatic carbocycles. The number of aliphatic hydroxyl groups is 1. The molecule has 106 valence electrons. The minimum absolute atomic E-state index is 0.310. The van der Waals surface area contributed by atoms with Gasteiger partial charge in [-0.2, -0.15) is 0 Å². The minimum Gasteiger partial charge on any atom is -0.389 e. The van der Waals surface area contributed by atoms with Crippen molar-refractivity contribution in [3.63, 3.8) is 0 Å². The molecule has 0 heterocycles. The lowest BCUT2D eigenvalue weighted by Crippen LogP contribution is -2.43. The van der Waals surface area contributed by atoms with Crippen molar-refractivity contribution in [2.24, 2.45) is 5.92 Å². The van der Waals surface area contributed by atoms with Gasteiger partial charge in [-0.25, -0.2) is 8.78 Å². The third kappa shape index (κ3) is 3.98. The highest BCUT2D eigenvalue weighted by molar-refractivity contribution is 5.18. The largest absolute Gasteiger partial charge is 0.389 e. The van der Waals surface area contributed by atoms with Crippen LogP contribution in [0.2, 0.25) is 0 Å². The molecule has 4 heteroatoms. The fraction of sp³-hybridized carbons (Fsp3) is 0.600. The summed E-state index contributed by atoms with van der Waals surface area (Å²) in [6.45, 7) is 2.96. The zero-order chi connectivity index (χ0) is 13.9. The molecular formula is C15H21F2NO. The summed E-state index contributed by atoms with van der Waals surface area (Å²) in [7, 11) is 0. The van der Waals surface area contributed by atoms with Crippen molar-refractivity contribution in [2.75, 3.05) is 6.54 Å². The van der Waals surface area contributed by atoms with E-state index in [0.717, 1.165) is 31.7 Å². The molecule has 0 atom stereocenters. The molecule has 0 spiro atoms. The van der Waals surface area contributed by atoms with Crippen LogP contribution in [0.3, 0.4) is 0 Å². The van der Waals surface area contributed by atoms with E-state index in [1.165, 1.54) is 12.1 Å². The lowest BCUT2D eigenvalue weighted by Gasteiger charge is -2.35. The van der Waals surface area contributed by atoms with E-state index in [1.807, 2.05) is 0 Å². The van der Waals surface area contributed by atoms with Gasteiger partial charge in [0.2, 0.25) is 0 Å². The van der Waals surface area contributed by atoms with Crippen LogP contribution in [-0.4, -0.2) is 17.3 Å². The van der Waals surface area contributed by atoms with Crippen molar-refractivity contribution in [1.82, 2.24) is 5.32 Å². The van der Waals surface area contributed by atoms with Crippen LogP contribution in [-0.2, 0) is 6.54 Å². The minimum atomic E-state index is -0.678. The summed E-state index contributed by atoms with van der Waals surface area (Å²) in [5.74, 6) is -0.437. The number of hydrogen-bond acceptors (Lipinski definition) is 2. The Morgan fingerprint density at radius 3 is 2.63 bits per heavy atom.